The average Bonchev–Trinajstić information content (AvgIpc) is 2.67. The predicted molar refractivity (Wildman–Crippen MR) is 111 cm³/mol. The number of ether oxygens (including phenoxy) is 3. The number of methoxy groups -OCH3 is 2. The predicted octanol–water partition coefficient (Wildman–Crippen LogP) is 2.38. The van der Waals surface area contributed by atoms with Crippen LogP contribution in [0.4, 0.5) is 15.3 Å². The van der Waals surface area contributed by atoms with Crippen LogP contribution in [0.25, 0.3) is 0 Å². The van der Waals surface area contributed by atoms with Crippen LogP contribution in [0.15, 0.2) is 18.2 Å². The van der Waals surface area contributed by atoms with Crippen molar-refractivity contribution in [3.8, 4) is 11.5 Å². The van der Waals surface area contributed by atoms with Crippen molar-refractivity contribution in [3.63, 3.8) is 0 Å². The van der Waals surface area contributed by atoms with Gasteiger partial charge in [0.25, 0.3) is 0 Å². The van der Waals surface area contributed by atoms with E-state index in [0.717, 1.165) is 13.1 Å². The highest BCUT2D eigenvalue weighted by Gasteiger charge is 2.25. The van der Waals surface area contributed by atoms with E-state index >= 15 is 0 Å². The molecule has 1 aliphatic rings. The molecular weight excluding hydrogens is 376 g/mol. The summed E-state index contributed by atoms with van der Waals surface area (Å²) in [6.07, 6.45) is -0.275. The molecule has 0 bridgehead atoms. The Morgan fingerprint density at radius 3 is 2.34 bits per heavy atom. The Balaban J connectivity index is 1.70. The molecule has 1 aromatic rings. The zero-order chi connectivity index (χ0) is 21.4. The van der Waals surface area contributed by atoms with Gasteiger partial charge in [-0.1, -0.05) is 0 Å². The molecule has 2 rings (SSSR count). The number of hydrogen-bond donors (Lipinski definition) is 2. The molecule has 0 spiro atoms. The number of carbonyl (C=O) groups is 2. The van der Waals surface area contributed by atoms with Crippen LogP contribution in [-0.2, 0) is 4.74 Å². The van der Waals surface area contributed by atoms with Crippen molar-refractivity contribution in [1.82, 2.24) is 15.1 Å². The lowest BCUT2D eigenvalue weighted by molar-refractivity contribution is 0.0147. The number of anilines is 1. The molecule has 0 atom stereocenters. The molecule has 1 saturated heterocycles. The molecule has 0 aromatic heterocycles. The zero-order valence-corrected chi connectivity index (χ0v) is 17.9. The SMILES string of the molecule is COc1ccc(NC(=O)NCCN2CCN(C(=O)OC(C)(C)C)CC2)c(OC)c1. The fourth-order valence-electron chi connectivity index (χ4n) is 2.88. The first-order valence-corrected chi connectivity index (χ1v) is 9.69. The summed E-state index contributed by atoms with van der Waals surface area (Å²) in [6.45, 7) is 9.50. The van der Waals surface area contributed by atoms with Crippen LogP contribution in [0, 0.1) is 0 Å². The molecule has 3 amide bonds. The summed E-state index contributed by atoms with van der Waals surface area (Å²) in [7, 11) is 3.11. The summed E-state index contributed by atoms with van der Waals surface area (Å²) < 4.78 is 15.8. The molecule has 162 valence electrons. The lowest BCUT2D eigenvalue weighted by atomic mass is 10.2. The number of rotatable bonds is 6. The van der Waals surface area contributed by atoms with Gasteiger partial charge in [0.15, 0.2) is 0 Å². The molecule has 2 N–H and O–H groups in total. The lowest BCUT2D eigenvalue weighted by Crippen LogP contribution is -2.51. The van der Waals surface area contributed by atoms with Crippen molar-refractivity contribution < 1.29 is 23.8 Å². The van der Waals surface area contributed by atoms with Gasteiger partial charge in [-0.05, 0) is 32.9 Å². The van der Waals surface area contributed by atoms with Gasteiger partial charge >= 0.3 is 12.1 Å². The number of nitrogens with zero attached hydrogens (tertiary/aromatic N) is 2. The molecule has 0 radical (unpaired) electrons. The summed E-state index contributed by atoms with van der Waals surface area (Å²) in [5.41, 5.74) is 0.0784. The fraction of sp³-hybridized carbons (Fsp3) is 0.600. The van der Waals surface area contributed by atoms with E-state index in [0.29, 0.717) is 43.4 Å². The molecule has 0 aliphatic carbocycles. The maximum atomic E-state index is 12.2. The number of benzene rings is 1. The van der Waals surface area contributed by atoms with Crippen LogP contribution in [0.1, 0.15) is 20.8 Å². The van der Waals surface area contributed by atoms with Gasteiger partial charge in [0.05, 0.1) is 19.9 Å². The van der Waals surface area contributed by atoms with Crippen LogP contribution in [0.3, 0.4) is 0 Å². The van der Waals surface area contributed by atoms with E-state index < -0.39 is 5.60 Å². The van der Waals surface area contributed by atoms with Gasteiger partial charge in [-0.3, -0.25) is 4.90 Å². The highest BCUT2D eigenvalue weighted by Crippen LogP contribution is 2.28. The minimum absolute atomic E-state index is 0.275. The third kappa shape index (κ3) is 7.34. The summed E-state index contributed by atoms with van der Waals surface area (Å²) in [6, 6.07) is 4.88. The van der Waals surface area contributed by atoms with Gasteiger partial charge in [-0.2, -0.15) is 0 Å². The molecule has 1 fully saturated rings. The standard InChI is InChI=1S/C20H32N4O5/c1-20(2,3)29-19(26)24-12-10-23(11-13-24)9-8-21-18(25)22-16-7-6-15(27-4)14-17(16)28-5/h6-7,14H,8-13H2,1-5H3,(H2,21,22,25). The van der Waals surface area contributed by atoms with E-state index in [-0.39, 0.29) is 12.1 Å². The summed E-state index contributed by atoms with van der Waals surface area (Å²) in [4.78, 5) is 28.2. The molecule has 0 unspecified atom stereocenters. The van der Waals surface area contributed by atoms with Crippen molar-refractivity contribution in [3.05, 3.63) is 18.2 Å². The highest BCUT2D eigenvalue weighted by molar-refractivity contribution is 5.91. The second kappa shape index (κ2) is 10.2. The Labute approximate surface area is 172 Å². The topological polar surface area (TPSA) is 92.4 Å². The Kier molecular flexibility index (Phi) is 7.95. The average molecular weight is 408 g/mol. The summed E-state index contributed by atoms with van der Waals surface area (Å²) in [5.74, 6) is 1.18. The largest absolute Gasteiger partial charge is 0.497 e. The van der Waals surface area contributed by atoms with Gasteiger partial charge < -0.3 is 29.7 Å². The molecule has 9 nitrogen and oxygen atoms in total. The van der Waals surface area contributed by atoms with Gasteiger partial charge in [0, 0.05) is 45.3 Å². The third-order valence-corrected chi connectivity index (χ3v) is 4.39. The van der Waals surface area contributed by atoms with Crippen molar-refractivity contribution in [1.29, 1.82) is 0 Å². The minimum atomic E-state index is -0.488. The third-order valence-electron chi connectivity index (χ3n) is 4.39. The quantitative estimate of drug-likeness (QED) is 0.751. The Morgan fingerprint density at radius 2 is 1.76 bits per heavy atom. The van der Waals surface area contributed by atoms with Crippen LogP contribution in [0.2, 0.25) is 0 Å². The molecule has 1 aromatic carbocycles. The molecule has 1 heterocycles. The van der Waals surface area contributed by atoms with Crippen LogP contribution >= 0.6 is 0 Å². The first-order valence-electron chi connectivity index (χ1n) is 9.69. The molecule has 29 heavy (non-hydrogen) atoms. The first-order chi connectivity index (χ1) is 13.7. The number of urea groups is 1. The first kappa shape index (κ1) is 22.6. The second-order valence-corrected chi connectivity index (χ2v) is 7.76. The van der Waals surface area contributed by atoms with E-state index in [4.69, 9.17) is 14.2 Å². The summed E-state index contributed by atoms with van der Waals surface area (Å²) in [5, 5.41) is 5.62. The van der Waals surface area contributed by atoms with Crippen LogP contribution in [0.5, 0.6) is 11.5 Å². The number of carbonyl (C=O) groups excluding carboxylic acids is 2. The minimum Gasteiger partial charge on any atom is -0.497 e. The van der Waals surface area contributed by atoms with Gasteiger partial charge in [-0.15, -0.1) is 0 Å². The Morgan fingerprint density at radius 1 is 1.07 bits per heavy atom. The smallest absolute Gasteiger partial charge is 0.410 e. The lowest BCUT2D eigenvalue weighted by Gasteiger charge is -2.35. The normalized spacial score (nSPS) is 14.9. The Bertz CT molecular complexity index is 697. The molecular formula is C20H32N4O5. The monoisotopic (exact) mass is 408 g/mol. The van der Waals surface area contributed by atoms with Crippen LogP contribution in [-0.4, -0.2) is 81.0 Å². The maximum absolute atomic E-state index is 12.2. The fourth-order valence-corrected chi connectivity index (χ4v) is 2.88. The maximum Gasteiger partial charge on any atom is 0.410 e. The number of amides is 3. The second-order valence-electron chi connectivity index (χ2n) is 7.76. The number of nitrogens with one attached hydrogen (secondary N) is 2. The zero-order valence-electron chi connectivity index (χ0n) is 17.9. The highest BCUT2D eigenvalue weighted by atomic mass is 16.6. The van der Waals surface area contributed by atoms with Crippen LogP contribution < -0.4 is 20.1 Å². The van der Waals surface area contributed by atoms with Gasteiger partial charge in [0.1, 0.15) is 17.1 Å². The van der Waals surface area contributed by atoms with E-state index in [1.165, 1.54) is 7.11 Å². The number of hydrogen-bond acceptors (Lipinski definition) is 6. The molecule has 1 aliphatic heterocycles. The van der Waals surface area contributed by atoms with Crippen molar-refractivity contribution in [2.45, 2.75) is 26.4 Å². The van der Waals surface area contributed by atoms with Gasteiger partial charge in [-0.25, -0.2) is 9.59 Å². The van der Waals surface area contributed by atoms with Crippen molar-refractivity contribution in [2.75, 3.05) is 58.8 Å². The van der Waals surface area contributed by atoms with E-state index in [2.05, 4.69) is 15.5 Å². The van der Waals surface area contributed by atoms with E-state index in [9.17, 15) is 9.59 Å². The van der Waals surface area contributed by atoms with Crippen molar-refractivity contribution >= 4 is 17.8 Å². The van der Waals surface area contributed by atoms with Gasteiger partial charge in [0.2, 0.25) is 0 Å². The van der Waals surface area contributed by atoms with E-state index in [1.807, 2.05) is 20.8 Å². The Hall–Kier alpha value is -2.68. The summed E-state index contributed by atoms with van der Waals surface area (Å²) >= 11 is 0. The molecule has 9 heteroatoms. The van der Waals surface area contributed by atoms with Crippen molar-refractivity contribution in [2.24, 2.45) is 0 Å². The molecule has 0 saturated carbocycles. The van der Waals surface area contributed by atoms with E-state index in [1.54, 1.807) is 30.2 Å². The number of piperazine rings is 1.